The average molecular weight is 207 g/mol. The molecular weight excluding hydrogens is 190 g/mol. The number of benzene rings is 1. The minimum absolute atomic E-state index is 0.0135. The van der Waals surface area contributed by atoms with Crippen LogP contribution in [-0.4, -0.2) is 17.6 Å². The van der Waals surface area contributed by atoms with Gasteiger partial charge in [0.25, 0.3) is 0 Å². The van der Waals surface area contributed by atoms with Crippen LogP contribution in [0.1, 0.15) is 31.4 Å². The van der Waals surface area contributed by atoms with E-state index in [1.54, 1.807) is 0 Å². The molecule has 1 atom stereocenters. The summed E-state index contributed by atoms with van der Waals surface area (Å²) in [5.41, 5.74) is 1.09. The largest absolute Gasteiger partial charge is 0.396 e. The van der Waals surface area contributed by atoms with Crippen LogP contribution in [0.25, 0.3) is 0 Å². The lowest BCUT2D eigenvalue weighted by Crippen LogP contribution is -2.26. The third kappa shape index (κ3) is 4.13. The van der Waals surface area contributed by atoms with Crippen LogP contribution < -0.4 is 5.32 Å². The number of amides is 1. The second kappa shape index (κ2) is 6.19. The third-order valence-electron chi connectivity index (χ3n) is 2.24. The molecule has 0 aliphatic heterocycles. The van der Waals surface area contributed by atoms with E-state index >= 15 is 0 Å². The van der Waals surface area contributed by atoms with Crippen molar-refractivity contribution in [2.24, 2.45) is 0 Å². The molecule has 1 aromatic carbocycles. The Morgan fingerprint density at radius 2 is 2.07 bits per heavy atom. The summed E-state index contributed by atoms with van der Waals surface area (Å²) in [6, 6.07) is 9.84. The molecule has 2 N–H and O–H groups in total. The van der Waals surface area contributed by atoms with Crippen molar-refractivity contribution in [2.75, 3.05) is 6.61 Å². The molecule has 0 bridgehead atoms. The summed E-state index contributed by atoms with van der Waals surface area (Å²) in [6.45, 7) is 2.01. The van der Waals surface area contributed by atoms with Crippen molar-refractivity contribution in [1.29, 1.82) is 0 Å². The highest BCUT2D eigenvalue weighted by Gasteiger charge is 2.07. The number of hydrogen-bond donors (Lipinski definition) is 2. The highest BCUT2D eigenvalue weighted by molar-refractivity contribution is 5.76. The van der Waals surface area contributed by atoms with Gasteiger partial charge in [-0.1, -0.05) is 30.3 Å². The molecule has 0 aliphatic carbocycles. The fraction of sp³-hybridized carbons (Fsp3) is 0.417. The molecule has 0 aromatic heterocycles. The second-order valence-corrected chi connectivity index (χ2v) is 3.53. The second-order valence-electron chi connectivity index (χ2n) is 3.53. The minimum atomic E-state index is -0.0135. The first kappa shape index (κ1) is 11.7. The van der Waals surface area contributed by atoms with Crippen LogP contribution in [0, 0.1) is 0 Å². The third-order valence-corrected chi connectivity index (χ3v) is 2.24. The Bertz CT molecular complexity index is 298. The predicted octanol–water partition coefficient (Wildman–Crippen LogP) is 1.64. The summed E-state index contributed by atoms with van der Waals surface area (Å²) >= 11 is 0. The highest BCUT2D eigenvalue weighted by Crippen LogP contribution is 2.11. The first-order chi connectivity index (χ1) is 7.24. The number of nitrogens with one attached hydrogen (secondary N) is 1. The molecule has 3 heteroatoms. The van der Waals surface area contributed by atoms with Gasteiger partial charge in [-0.25, -0.2) is 0 Å². The van der Waals surface area contributed by atoms with Crippen molar-refractivity contribution in [3.63, 3.8) is 0 Å². The van der Waals surface area contributed by atoms with Crippen LogP contribution in [0.3, 0.4) is 0 Å². The minimum Gasteiger partial charge on any atom is -0.396 e. The SMILES string of the molecule is CC(NC(=O)CCCO)c1ccccc1. The lowest BCUT2D eigenvalue weighted by molar-refractivity contribution is -0.122. The Kier molecular flexibility index (Phi) is 4.84. The van der Waals surface area contributed by atoms with E-state index in [1.807, 2.05) is 37.3 Å². The van der Waals surface area contributed by atoms with Gasteiger partial charge in [0.2, 0.25) is 5.91 Å². The molecule has 82 valence electrons. The van der Waals surface area contributed by atoms with E-state index < -0.39 is 0 Å². The number of carbonyl (C=O) groups is 1. The zero-order chi connectivity index (χ0) is 11.1. The van der Waals surface area contributed by atoms with E-state index in [0.717, 1.165) is 5.56 Å². The maximum absolute atomic E-state index is 11.4. The average Bonchev–Trinajstić information content (AvgIpc) is 2.27. The molecule has 15 heavy (non-hydrogen) atoms. The zero-order valence-corrected chi connectivity index (χ0v) is 8.94. The molecule has 1 aromatic rings. The molecule has 3 nitrogen and oxygen atoms in total. The number of carbonyl (C=O) groups excluding carboxylic acids is 1. The maximum atomic E-state index is 11.4. The zero-order valence-electron chi connectivity index (χ0n) is 8.94. The van der Waals surface area contributed by atoms with Gasteiger partial charge >= 0.3 is 0 Å². The molecule has 0 radical (unpaired) electrons. The molecule has 1 unspecified atom stereocenters. The first-order valence-corrected chi connectivity index (χ1v) is 5.19. The number of hydrogen-bond acceptors (Lipinski definition) is 2. The van der Waals surface area contributed by atoms with E-state index in [2.05, 4.69) is 5.32 Å². The van der Waals surface area contributed by atoms with E-state index in [4.69, 9.17) is 5.11 Å². The smallest absolute Gasteiger partial charge is 0.220 e. The van der Waals surface area contributed by atoms with E-state index in [9.17, 15) is 4.79 Å². The molecular formula is C12H17NO2. The fourth-order valence-corrected chi connectivity index (χ4v) is 1.38. The number of rotatable bonds is 5. The Morgan fingerprint density at radius 3 is 2.67 bits per heavy atom. The van der Waals surface area contributed by atoms with Crippen LogP contribution in [0.15, 0.2) is 30.3 Å². The Hall–Kier alpha value is -1.35. The van der Waals surface area contributed by atoms with Gasteiger partial charge in [-0.05, 0) is 18.9 Å². The Morgan fingerprint density at radius 1 is 1.40 bits per heavy atom. The molecule has 1 rings (SSSR count). The van der Waals surface area contributed by atoms with Crippen LogP contribution in [0.2, 0.25) is 0 Å². The number of aliphatic hydroxyl groups is 1. The lowest BCUT2D eigenvalue weighted by atomic mass is 10.1. The van der Waals surface area contributed by atoms with Crippen LogP contribution >= 0.6 is 0 Å². The van der Waals surface area contributed by atoms with Gasteiger partial charge in [0, 0.05) is 13.0 Å². The van der Waals surface area contributed by atoms with E-state index in [-0.39, 0.29) is 18.6 Å². The molecule has 0 fully saturated rings. The van der Waals surface area contributed by atoms with Gasteiger partial charge in [-0.15, -0.1) is 0 Å². The maximum Gasteiger partial charge on any atom is 0.220 e. The molecule has 0 saturated carbocycles. The molecule has 0 heterocycles. The Labute approximate surface area is 90.1 Å². The standard InChI is InChI=1S/C12H17NO2/c1-10(11-6-3-2-4-7-11)13-12(15)8-5-9-14/h2-4,6-7,10,14H,5,8-9H2,1H3,(H,13,15). The van der Waals surface area contributed by atoms with Gasteiger partial charge in [0.15, 0.2) is 0 Å². The fourth-order valence-electron chi connectivity index (χ4n) is 1.38. The highest BCUT2D eigenvalue weighted by atomic mass is 16.3. The lowest BCUT2D eigenvalue weighted by Gasteiger charge is -2.13. The van der Waals surface area contributed by atoms with Gasteiger partial charge in [0.1, 0.15) is 0 Å². The van der Waals surface area contributed by atoms with Gasteiger partial charge < -0.3 is 10.4 Å². The van der Waals surface area contributed by atoms with Crippen molar-refractivity contribution < 1.29 is 9.90 Å². The van der Waals surface area contributed by atoms with Gasteiger partial charge in [-0.3, -0.25) is 4.79 Å². The predicted molar refractivity (Wildman–Crippen MR) is 59.3 cm³/mol. The van der Waals surface area contributed by atoms with E-state index in [1.165, 1.54) is 0 Å². The summed E-state index contributed by atoms with van der Waals surface area (Å²) in [5.74, 6) is -0.0135. The summed E-state index contributed by atoms with van der Waals surface area (Å²) in [7, 11) is 0. The van der Waals surface area contributed by atoms with Crippen molar-refractivity contribution in [3.8, 4) is 0 Å². The topological polar surface area (TPSA) is 49.3 Å². The van der Waals surface area contributed by atoms with Crippen LogP contribution in [0.5, 0.6) is 0 Å². The van der Waals surface area contributed by atoms with Crippen molar-refractivity contribution in [2.45, 2.75) is 25.8 Å². The molecule has 0 aliphatic rings. The van der Waals surface area contributed by atoms with E-state index in [0.29, 0.717) is 12.8 Å². The monoisotopic (exact) mass is 207 g/mol. The normalized spacial score (nSPS) is 12.1. The van der Waals surface area contributed by atoms with Crippen molar-refractivity contribution in [1.82, 2.24) is 5.32 Å². The van der Waals surface area contributed by atoms with Gasteiger partial charge in [-0.2, -0.15) is 0 Å². The first-order valence-electron chi connectivity index (χ1n) is 5.19. The van der Waals surface area contributed by atoms with Crippen molar-refractivity contribution >= 4 is 5.91 Å². The summed E-state index contributed by atoms with van der Waals surface area (Å²) in [5, 5.41) is 11.5. The quantitative estimate of drug-likeness (QED) is 0.771. The molecule has 0 spiro atoms. The Balaban J connectivity index is 2.42. The van der Waals surface area contributed by atoms with Crippen molar-refractivity contribution in [3.05, 3.63) is 35.9 Å². The summed E-state index contributed by atoms with van der Waals surface area (Å²) in [4.78, 5) is 11.4. The summed E-state index contributed by atoms with van der Waals surface area (Å²) in [6.07, 6.45) is 0.904. The molecule has 0 saturated heterocycles. The van der Waals surface area contributed by atoms with Crippen LogP contribution in [0.4, 0.5) is 0 Å². The van der Waals surface area contributed by atoms with Crippen LogP contribution in [-0.2, 0) is 4.79 Å². The summed E-state index contributed by atoms with van der Waals surface area (Å²) < 4.78 is 0. The van der Waals surface area contributed by atoms with Gasteiger partial charge in [0.05, 0.1) is 6.04 Å². The number of aliphatic hydroxyl groups excluding tert-OH is 1. The molecule has 1 amide bonds.